The lowest BCUT2D eigenvalue weighted by molar-refractivity contribution is -0.145. The highest BCUT2D eigenvalue weighted by molar-refractivity contribution is 5.97. The van der Waals surface area contributed by atoms with Gasteiger partial charge >= 0.3 is 11.9 Å². The summed E-state index contributed by atoms with van der Waals surface area (Å²) in [6.07, 6.45) is 5.12. The maximum Gasteiger partial charge on any atom is 0.330 e. The van der Waals surface area contributed by atoms with Gasteiger partial charge in [-0.1, -0.05) is 58.2 Å². The second-order valence-electron chi connectivity index (χ2n) is 9.75. The van der Waals surface area contributed by atoms with Gasteiger partial charge in [-0.15, -0.1) is 0 Å². The molecule has 5 atom stereocenters. The molecule has 0 radical (unpaired) electrons. The molecule has 6 heteroatoms. The van der Waals surface area contributed by atoms with Crippen molar-refractivity contribution in [1.82, 2.24) is 0 Å². The molecule has 192 valence electrons. The fourth-order valence-electron chi connectivity index (χ4n) is 5.63. The van der Waals surface area contributed by atoms with E-state index in [4.69, 9.17) is 18.9 Å². The molecule has 0 spiro atoms. The molecule has 0 aromatic heterocycles. The van der Waals surface area contributed by atoms with E-state index in [0.29, 0.717) is 30.6 Å². The Kier molecular flexibility index (Phi) is 8.02. The van der Waals surface area contributed by atoms with Crippen LogP contribution in [0.25, 0.3) is 10.8 Å². The van der Waals surface area contributed by atoms with E-state index in [1.165, 1.54) is 23.3 Å². The zero-order chi connectivity index (χ0) is 25.8. The third-order valence-corrected chi connectivity index (χ3v) is 7.49. The Morgan fingerprint density at radius 2 is 1.39 bits per heavy atom. The molecule has 2 aliphatic rings. The fourth-order valence-corrected chi connectivity index (χ4v) is 5.63. The number of hydrogen-bond acceptors (Lipinski definition) is 6. The standard InChI is InChI=1S/C30H36O6/c1-6-20(35-25(31)8-3)16-33-29-22-12-10-11-13-23(22)30(34-17-21(7-2)36-26(32)9-4)28-24-15-19(27(28)29)14-18(24)5/h8-13,18-21,24H,3-4,6-7,14-17H2,1-2,5H3. The lowest BCUT2D eigenvalue weighted by Crippen LogP contribution is -2.25. The molecule has 5 unspecified atom stereocenters. The van der Waals surface area contributed by atoms with Crippen LogP contribution in [0.2, 0.25) is 0 Å². The Labute approximate surface area is 213 Å². The average molecular weight is 493 g/mol. The van der Waals surface area contributed by atoms with Gasteiger partial charge in [-0.25, -0.2) is 9.59 Å². The molecule has 1 fully saturated rings. The highest BCUT2D eigenvalue weighted by atomic mass is 16.6. The van der Waals surface area contributed by atoms with E-state index in [2.05, 4.69) is 32.2 Å². The fraction of sp³-hybridized carbons (Fsp3) is 0.467. The molecule has 4 rings (SSSR count). The first kappa shape index (κ1) is 25.8. The first-order chi connectivity index (χ1) is 17.4. The summed E-state index contributed by atoms with van der Waals surface area (Å²) in [5, 5.41) is 1.96. The maximum absolute atomic E-state index is 11.8. The van der Waals surface area contributed by atoms with Crippen LogP contribution in [0, 0.1) is 5.92 Å². The van der Waals surface area contributed by atoms with Gasteiger partial charge in [0.25, 0.3) is 0 Å². The quantitative estimate of drug-likeness (QED) is 0.259. The lowest BCUT2D eigenvalue weighted by atomic mass is 9.82. The van der Waals surface area contributed by atoms with Gasteiger partial charge in [-0.2, -0.15) is 0 Å². The Morgan fingerprint density at radius 3 is 1.86 bits per heavy atom. The lowest BCUT2D eigenvalue weighted by Gasteiger charge is -2.29. The minimum Gasteiger partial charge on any atom is -0.489 e. The predicted molar refractivity (Wildman–Crippen MR) is 140 cm³/mol. The van der Waals surface area contributed by atoms with Gasteiger partial charge in [0.15, 0.2) is 0 Å². The van der Waals surface area contributed by atoms with Gasteiger partial charge in [0.1, 0.15) is 36.9 Å². The number of fused-ring (bicyclic) bond motifs is 6. The first-order valence-corrected chi connectivity index (χ1v) is 12.9. The van der Waals surface area contributed by atoms with Crippen molar-refractivity contribution >= 4 is 22.7 Å². The SMILES string of the molecule is C=CC(=O)OC(CC)COc1c2c(c(OCC(CC)OC(=O)C=C)c3ccccc13)C1CC2CC1C. The molecule has 2 aromatic rings. The monoisotopic (exact) mass is 492 g/mol. The molecular formula is C30H36O6. The summed E-state index contributed by atoms with van der Waals surface area (Å²) in [6, 6.07) is 8.11. The van der Waals surface area contributed by atoms with Crippen LogP contribution in [0.3, 0.4) is 0 Å². The molecule has 0 N–H and O–H groups in total. The molecule has 2 aliphatic carbocycles. The van der Waals surface area contributed by atoms with Crippen LogP contribution in [0.5, 0.6) is 11.5 Å². The van der Waals surface area contributed by atoms with Gasteiger partial charge < -0.3 is 18.9 Å². The van der Waals surface area contributed by atoms with Crippen LogP contribution in [-0.4, -0.2) is 37.4 Å². The van der Waals surface area contributed by atoms with Crippen molar-refractivity contribution in [2.24, 2.45) is 5.92 Å². The van der Waals surface area contributed by atoms with E-state index in [1.54, 1.807) is 0 Å². The van der Waals surface area contributed by atoms with Crippen LogP contribution in [0.4, 0.5) is 0 Å². The summed E-state index contributed by atoms with van der Waals surface area (Å²) in [6.45, 7) is 13.8. The Bertz CT molecular complexity index is 1150. The summed E-state index contributed by atoms with van der Waals surface area (Å²) in [4.78, 5) is 23.5. The summed E-state index contributed by atoms with van der Waals surface area (Å²) in [5.41, 5.74) is 2.43. The van der Waals surface area contributed by atoms with Crippen LogP contribution in [0.15, 0.2) is 49.6 Å². The van der Waals surface area contributed by atoms with Crippen molar-refractivity contribution in [3.63, 3.8) is 0 Å². The van der Waals surface area contributed by atoms with Gasteiger partial charge in [0.2, 0.25) is 0 Å². The highest BCUT2D eigenvalue weighted by Gasteiger charge is 2.46. The minimum atomic E-state index is -0.445. The molecule has 0 amide bonds. The molecule has 2 bridgehead atoms. The normalized spacial score (nSPS) is 21.4. The maximum atomic E-state index is 11.8. The Hall–Kier alpha value is -3.28. The van der Waals surface area contributed by atoms with Crippen molar-refractivity contribution in [3.8, 4) is 11.5 Å². The molecule has 2 aromatic carbocycles. The zero-order valence-corrected chi connectivity index (χ0v) is 21.5. The first-order valence-electron chi connectivity index (χ1n) is 12.9. The van der Waals surface area contributed by atoms with Gasteiger partial charge in [0.05, 0.1) is 0 Å². The number of carbonyl (C=O) groups is 2. The molecule has 1 saturated carbocycles. The molecular weight excluding hydrogens is 456 g/mol. The number of benzene rings is 2. The Balaban J connectivity index is 1.72. The van der Waals surface area contributed by atoms with E-state index < -0.39 is 11.9 Å². The molecule has 0 saturated heterocycles. The van der Waals surface area contributed by atoms with E-state index in [0.717, 1.165) is 35.1 Å². The molecule has 0 aliphatic heterocycles. The summed E-state index contributed by atoms with van der Waals surface area (Å²) < 4.78 is 23.9. The van der Waals surface area contributed by atoms with E-state index >= 15 is 0 Å². The summed E-state index contributed by atoms with van der Waals surface area (Å²) in [7, 11) is 0. The molecule has 36 heavy (non-hydrogen) atoms. The van der Waals surface area contributed by atoms with Crippen molar-refractivity contribution in [3.05, 3.63) is 60.7 Å². The van der Waals surface area contributed by atoms with Crippen molar-refractivity contribution < 1.29 is 28.5 Å². The topological polar surface area (TPSA) is 71.1 Å². The molecule has 0 heterocycles. The zero-order valence-electron chi connectivity index (χ0n) is 21.5. The van der Waals surface area contributed by atoms with E-state index in [9.17, 15) is 9.59 Å². The number of esters is 2. The van der Waals surface area contributed by atoms with Crippen molar-refractivity contribution in [2.45, 2.75) is 70.5 Å². The van der Waals surface area contributed by atoms with E-state index in [-0.39, 0.29) is 25.4 Å². The second kappa shape index (κ2) is 11.2. The number of rotatable bonds is 12. The molecule has 6 nitrogen and oxygen atoms in total. The number of carbonyl (C=O) groups excluding carboxylic acids is 2. The van der Waals surface area contributed by atoms with Crippen LogP contribution < -0.4 is 9.47 Å². The van der Waals surface area contributed by atoms with Gasteiger partial charge in [0, 0.05) is 34.1 Å². The third kappa shape index (κ3) is 4.99. The third-order valence-electron chi connectivity index (χ3n) is 7.49. The summed E-state index contributed by atoms with van der Waals surface area (Å²) >= 11 is 0. The average Bonchev–Trinajstić information content (AvgIpc) is 3.46. The predicted octanol–water partition coefficient (Wildman–Crippen LogP) is 6.22. The van der Waals surface area contributed by atoms with Crippen molar-refractivity contribution in [2.75, 3.05) is 13.2 Å². The largest absolute Gasteiger partial charge is 0.489 e. The van der Waals surface area contributed by atoms with Crippen LogP contribution in [0.1, 0.15) is 69.4 Å². The van der Waals surface area contributed by atoms with Crippen LogP contribution in [-0.2, 0) is 19.1 Å². The highest BCUT2D eigenvalue weighted by Crippen LogP contribution is 2.63. The number of hydrogen-bond donors (Lipinski definition) is 0. The smallest absolute Gasteiger partial charge is 0.330 e. The van der Waals surface area contributed by atoms with Crippen LogP contribution >= 0.6 is 0 Å². The van der Waals surface area contributed by atoms with E-state index in [1.807, 2.05) is 26.0 Å². The minimum absolute atomic E-state index is 0.272. The second-order valence-corrected chi connectivity index (χ2v) is 9.75. The summed E-state index contributed by atoms with van der Waals surface area (Å²) in [5.74, 6) is 2.19. The van der Waals surface area contributed by atoms with Gasteiger partial charge in [-0.05, 0) is 43.4 Å². The van der Waals surface area contributed by atoms with Crippen molar-refractivity contribution in [1.29, 1.82) is 0 Å². The van der Waals surface area contributed by atoms with Gasteiger partial charge in [-0.3, -0.25) is 0 Å². The number of ether oxygens (including phenoxy) is 4. The Morgan fingerprint density at radius 1 is 0.889 bits per heavy atom.